The Balaban J connectivity index is 2.21. The van der Waals surface area contributed by atoms with Crippen molar-refractivity contribution in [1.82, 2.24) is 10.1 Å². The average Bonchev–Trinajstić information content (AvgIpc) is 2.77. The van der Waals surface area contributed by atoms with E-state index in [1.165, 1.54) is 0 Å². The Morgan fingerprint density at radius 1 is 1.60 bits per heavy atom. The van der Waals surface area contributed by atoms with Crippen molar-refractivity contribution in [2.45, 2.75) is 44.8 Å². The fourth-order valence-electron chi connectivity index (χ4n) is 1.81. The first-order valence-electron chi connectivity index (χ1n) is 5.40. The highest BCUT2D eigenvalue weighted by Gasteiger charge is 2.43. The van der Waals surface area contributed by atoms with E-state index in [4.69, 9.17) is 15.0 Å². The summed E-state index contributed by atoms with van der Waals surface area (Å²) >= 11 is 0. The maximum atomic E-state index is 6.22. The van der Waals surface area contributed by atoms with Gasteiger partial charge >= 0.3 is 0 Å². The summed E-state index contributed by atoms with van der Waals surface area (Å²) in [6.07, 6.45) is 2.49. The lowest BCUT2D eigenvalue weighted by molar-refractivity contribution is 0.0918. The molecule has 0 amide bonds. The zero-order valence-corrected chi connectivity index (χ0v) is 9.19. The summed E-state index contributed by atoms with van der Waals surface area (Å²) in [5.74, 6) is 1.24. The number of rotatable bonds is 3. The second kappa shape index (κ2) is 3.90. The molecular weight excluding hydrogens is 194 g/mol. The van der Waals surface area contributed by atoms with Crippen LogP contribution in [-0.4, -0.2) is 22.9 Å². The summed E-state index contributed by atoms with van der Waals surface area (Å²) in [6.45, 7) is 4.68. The topological polar surface area (TPSA) is 74.2 Å². The molecule has 1 aromatic rings. The quantitative estimate of drug-likeness (QED) is 0.806. The highest BCUT2D eigenvalue weighted by atomic mass is 16.5. The van der Waals surface area contributed by atoms with Crippen LogP contribution in [0.3, 0.4) is 0 Å². The molecule has 1 aliphatic heterocycles. The van der Waals surface area contributed by atoms with Crippen molar-refractivity contribution in [3.8, 4) is 0 Å². The summed E-state index contributed by atoms with van der Waals surface area (Å²) in [4.78, 5) is 4.32. The first-order chi connectivity index (χ1) is 7.16. The van der Waals surface area contributed by atoms with Crippen molar-refractivity contribution in [3.05, 3.63) is 11.7 Å². The molecule has 2 heterocycles. The van der Waals surface area contributed by atoms with E-state index < -0.39 is 5.54 Å². The van der Waals surface area contributed by atoms with Gasteiger partial charge in [-0.05, 0) is 19.8 Å². The lowest BCUT2D eigenvalue weighted by atomic mass is 9.93. The van der Waals surface area contributed by atoms with Crippen LogP contribution in [0.25, 0.3) is 0 Å². The minimum absolute atomic E-state index is 0.0513. The molecular formula is C10H17N3O2. The number of hydrogen-bond acceptors (Lipinski definition) is 5. The monoisotopic (exact) mass is 211 g/mol. The first kappa shape index (κ1) is 10.6. The fourth-order valence-corrected chi connectivity index (χ4v) is 1.81. The zero-order valence-electron chi connectivity index (χ0n) is 9.19. The van der Waals surface area contributed by atoms with E-state index in [0.717, 1.165) is 19.3 Å². The van der Waals surface area contributed by atoms with Gasteiger partial charge in [0.05, 0.1) is 6.10 Å². The number of aromatic nitrogens is 2. The number of nitrogens with two attached hydrogens (primary N) is 1. The van der Waals surface area contributed by atoms with E-state index >= 15 is 0 Å². The summed E-state index contributed by atoms with van der Waals surface area (Å²) in [7, 11) is 0. The van der Waals surface area contributed by atoms with Crippen LogP contribution in [0.5, 0.6) is 0 Å². The SMILES string of the molecule is CCCc1nc(C2(N)CCOC2C)no1. The third-order valence-corrected chi connectivity index (χ3v) is 2.96. The van der Waals surface area contributed by atoms with Gasteiger partial charge in [0.25, 0.3) is 0 Å². The van der Waals surface area contributed by atoms with Gasteiger partial charge in [-0.1, -0.05) is 12.1 Å². The van der Waals surface area contributed by atoms with Crippen molar-refractivity contribution >= 4 is 0 Å². The van der Waals surface area contributed by atoms with E-state index in [2.05, 4.69) is 17.1 Å². The number of aryl methyl sites for hydroxylation is 1. The molecule has 2 rings (SSSR count). The Morgan fingerprint density at radius 3 is 3.00 bits per heavy atom. The highest BCUT2D eigenvalue weighted by Crippen LogP contribution is 2.31. The molecule has 0 spiro atoms. The van der Waals surface area contributed by atoms with E-state index in [1.807, 2.05) is 6.92 Å². The first-order valence-corrected chi connectivity index (χ1v) is 5.40. The molecule has 1 aliphatic rings. The molecule has 0 radical (unpaired) electrons. The molecule has 84 valence electrons. The van der Waals surface area contributed by atoms with Crippen LogP contribution in [0.2, 0.25) is 0 Å². The molecule has 1 saturated heterocycles. The van der Waals surface area contributed by atoms with E-state index in [-0.39, 0.29) is 6.10 Å². The van der Waals surface area contributed by atoms with Crippen LogP contribution >= 0.6 is 0 Å². The van der Waals surface area contributed by atoms with Gasteiger partial charge in [0.1, 0.15) is 5.54 Å². The third kappa shape index (κ3) is 1.77. The predicted molar refractivity (Wildman–Crippen MR) is 54.2 cm³/mol. The van der Waals surface area contributed by atoms with Crippen molar-refractivity contribution in [1.29, 1.82) is 0 Å². The van der Waals surface area contributed by atoms with Crippen LogP contribution in [0.15, 0.2) is 4.52 Å². The molecule has 1 fully saturated rings. The number of hydrogen-bond donors (Lipinski definition) is 1. The molecule has 1 aromatic heterocycles. The van der Waals surface area contributed by atoms with Gasteiger partial charge in [0.2, 0.25) is 5.89 Å². The summed E-state index contributed by atoms with van der Waals surface area (Å²) in [5.41, 5.74) is 5.65. The highest BCUT2D eigenvalue weighted by molar-refractivity contribution is 5.09. The molecule has 0 aromatic carbocycles. The van der Waals surface area contributed by atoms with Gasteiger partial charge in [0.15, 0.2) is 5.82 Å². The van der Waals surface area contributed by atoms with E-state index in [9.17, 15) is 0 Å². The minimum atomic E-state index is -0.574. The second-order valence-corrected chi connectivity index (χ2v) is 4.07. The molecule has 2 N–H and O–H groups in total. The number of nitrogens with zero attached hydrogens (tertiary/aromatic N) is 2. The van der Waals surface area contributed by atoms with Gasteiger partial charge in [-0.2, -0.15) is 4.98 Å². The normalized spacial score (nSPS) is 31.0. The summed E-state index contributed by atoms with van der Waals surface area (Å²) < 4.78 is 10.6. The van der Waals surface area contributed by atoms with Crippen LogP contribution < -0.4 is 5.73 Å². The van der Waals surface area contributed by atoms with Crippen molar-refractivity contribution in [2.24, 2.45) is 5.73 Å². The lowest BCUT2D eigenvalue weighted by Gasteiger charge is -2.22. The Morgan fingerprint density at radius 2 is 2.40 bits per heavy atom. The van der Waals surface area contributed by atoms with Gasteiger partial charge in [-0.25, -0.2) is 0 Å². The number of ether oxygens (including phenoxy) is 1. The molecule has 2 unspecified atom stereocenters. The molecule has 0 bridgehead atoms. The Bertz CT molecular complexity index is 339. The van der Waals surface area contributed by atoms with Crippen molar-refractivity contribution < 1.29 is 9.26 Å². The average molecular weight is 211 g/mol. The van der Waals surface area contributed by atoms with E-state index in [0.29, 0.717) is 18.3 Å². The smallest absolute Gasteiger partial charge is 0.226 e. The van der Waals surface area contributed by atoms with Crippen LogP contribution in [0.1, 0.15) is 38.4 Å². The molecule has 15 heavy (non-hydrogen) atoms. The molecule has 5 nitrogen and oxygen atoms in total. The molecule has 0 saturated carbocycles. The van der Waals surface area contributed by atoms with Crippen LogP contribution in [0.4, 0.5) is 0 Å². The van der Waals surface area contributed by atoms with Crippen LogP contribution in [-0.2, 0) is 16.7 Å². The Hall–Kier alpha value is -0.940. The third-order valence-electron chi connectivity index (χ3n) is 2.96. The summed E-state index contributed by atoms with van der Waals surface area (Å²) in [6, 6.07) is 0. The largest absolute Gasteiger partial charge is 0.376 e. The Labute approximate surface area is 89.0 Å². The maximum absolute atomic E-state index is 6.22. The zero-order chi connectivity index (χ0) is 10.9. The maximum Gasteiger partial charge on any atom is 0.226 e. The molecule has 2 atom stereocenters. The molecule has 0 aliphatic carbocycles. The van der Waals surface area contributed by atoms with Crippen molar-refractivity contribution in [2.75, 3.05) is 6.61 Å². The van der Waals surface area contributed by atoms with Gasteiger partial charge in [0, 0.05) is 13.0 Å². The van der Waals surface area contributed by atoms with Gasteiger partial charge < -0.3 is 15.0 Å². The summed E-state index contributed by atoms with van der Waals surface area (Å²) in [5, 5.41) is 3.95. The Kier molecular flexibility index (Phi) is 2.75. The van der Waals surface area contributed by atoms with Crippen LogP contribution in [0, 0.1) is 0 Å². The minimum Gasteiger partial charge on any atom is -0.376 e. The second-order valence-electron chi connectivity index (χ2n) is 4.07. The standard InChI is InChI=1S/C10H17N3O2/c1-3-4-8-12-9(13-15-8)10(11)5-6-14-7(10)2/h7H,3-6,11H2,1-2H3. The van der Waals surface area contributed by atoms with Gasteiger partial charge in [-0.15, -0.1) is 0 Å². The predicted octanol–water partition coefficient (Wildman–Crippen LogP) is 0.985. The van der Waals surface area contributed by atoms with Crippen molar-refractivity contribution in [3.63, 3.8) is 0 Å². The van der Waals surface area contributed by atoms with E-state index in [1.54, 1.807) is 0 Å². The fraction of sp³-hybridized carbons (Fsp3) is 0.800. The van der Waals surface area contributed by atoms with Gasteiger partial charge in [-0.3, -0.25) is 0 Å². The lowest BCUT2D eigenvalue weighted by Crippen LogP contribution is -2.43. The molecule has 5 heteroatoms.